The summed E-state index contributed by atoms with van der Waals surface area (Å²) in [6, 6.07) is 8.60. The van der Waals surface area contributed by atoms with Crippen molar-refractivity contribution in [1.29, 1.82) is 0 Å². The van der Waals surface area contributed by atoms with Crippen molar-refractivity contribution in [1.82, 2.24) is 4.90 Å². The molecule has 4 rings (SSSR count). The van der Waals surface area contributed by atoms with Gasteiger partial charge in [0.25, 0.3) is 0 Å². The molecule has 1 aromatic rings. The van der Waals surface area contributed by atoms with E-state index in [2.05, 4.69) is 4.90 Å². The van der Waals surface area contributed by atoms with Crippen molar-refractivity contribution >= 4 is 17.7 Å². The maximum absolute atomic E-state index is 13.8. The van der Waals surface area contributed by atoms with Crippen molar-refractivity contribution in [2.75, 3.05) is 20.2 Å². The van der Waals surface area contributed by atoms with Gasteiger partial charge in [0.1, 0.15) is 11.7 Å². The molecule has 0 spiro atoms. The van der Waals surface area contributed by atoms with Gasteiger partial charge in [-0.05, 0) is 104 Å². The number of carbonyl (C=O) groups excluding carboxylic acids is 3. The molecule has 1 aromatic carbocycles. The lowest BCUT2D eigenvalue weighted by molar-refractivity contribution is -0.301. The third-order valence-electron chi connectivity index (χ3n) is 11.0. The van der Waals surface area contributed by atoms with Crippen LogP contribution in [0.25, 0.3) is 0 Å². The molecule has 12 atom stereocenters. The number of ketones is 1. The summed E-state index contributed by atoms with van der Waals surface area (Å²) in [5, 5.41) is 23.2. The molecule has 50 heavy (non-hydrogen) atoms. The van der Waals surface area contributed by atoms with Gasteiger partial charge in [0, 0.05) is 18.9 Å². The van der Waals surface area contributed by atoms with E-state index in [9.17, 15) is 24.6 Å². The number of rotatable bonds is 7. The summed E-state index contributed by atoms with van der Waals surface area (Å²) in [6.07, 6.45) is -0.692. The lowest BCUT2D eigenvalue weighted by Crippen LogP contribution is -2.61. The summed E-state index contributed by atoms with van der Waals surface area (Å²) in [5.74, 6) is -3.76. The zero-order valence-electron chi connectivity index (χ0n) is 31.3. The third-order valence-corrected chi connectivity index (χ3v) is 11.0. The van der Waals surface area contributed by atoms with E-state index in [4.69, 9.17) is 23.7 Å². The fourth-order valence-corrected chi connectivity index (χ4v) is 8.07. The molecule has 280 valence electrons. The van der Waals surface area contributed by atoms with Gasteiger partial charge in [-0.15, -0.1) is 0 Å². The highest BCUT2D eigenvalue weighted by atomic mass is 16.7. The van der Waals surface area contributed by atoms with E-state index in [0.717, 1.165) is 25.9 Å². The molecular formula is C39H59NO10. The average molecular weight is 702 g/mol. The normalized spacial score (nSPS) is 40.7. The van der Waals surface area contributed by atoms with Crippen molar-refractivity contribution in [3.63, 3.8) is 0 Å². The first kappa shape index (κ1) is 40.1. The zero-order chi connectivity index (χ0) is 37.0. The van der Waals surface area contributed by atoms with E-state index in [0.29, 0.717) is 17.6 Å². The van der Waals surface area contributed by atoms with E-state index in [-0.39, 0.29) is 30.8 Å². The number of hydrogen-bond acceptors (Lipinski definition) is 11. The van der Waals surface area contributed by atoms with E-state index in [1.165, 1.54) is 20.1 Å². The van der Waals surface area contributed by atoms with E-state index < -0.39 is 71.6 Å². The van der Waals surface area contributed by atoms with Crippen LogP contribution in [0, 0.1) is 17.8 Å². The molecule has 3 heterocycles. The number of methoxy groups -OCH3 is 1. The Kier molecular flexibility index (Phi) is 13.5. The SMILES string of the molecule is CC[C@H]1OC(=O)[C@H](C)[C@@H](O)[C@H](C)[C@@H](O[C@H]2O[C@@H](C)C[C@@H](N3CCCC3)[C@@H]2OC(=O)c2ccccc2)[C@](C)(OC)C[C@@H](C)C(=O)/C(C)=C\[C@]1(C)O. The zero-order valence-corrected chi connectivity index (χ0v) is 31.3. The fraction of sp³-hybridized carbons (Fsp3) is 0.718. The van der Waals surface area contributed by atoms with Gasteiger partial charge in [-0.3, -0.25) is 14.5 Å². The van der Waals surface area contributed by atoms with Crippen LogP contribution < -0.4 is 0 Å². The summed E-state index contributed by atoms with van der Waals surface area (Å²) in [7, 11) is 1.52. The second kappa shape index (κ2) is 16.8. The van der Waals surface area contributed by atoms with Gasteiger partial charge in [0.15, 0.2) is 18.2 Å². The van der Waals surface area contributed by atoms with Crippen molar-refractivity contribution in [2.24, 2.45) is 17.8 Å². The number of allylic oxidation sites excluding steroid dienone is 1. The van der Waals surface area contributed by atoms with Gasteiger partial charge < -0.3 is 33.9 Å². The van der Waals surface area contributed by atoms with Crippen LogP contribution in [-0.4, -0.2) is 107 Å². The van der Waals surface area contributed by atoms with E-state index >= 15 is 0 Å². The molecule has 3 aliphatic rings. The molecule has 0 bridgehead atoms. The maximum atomic E-state index is 13.8. The largest absolute Gasteiger partial charge is 0.459 e. The topological polar surface area (TPSA) is 141 Å². The van der Waals surface area contributed by atoms with Gasteiger partial charge in [0.2, 0.25) is 0 Å². The fourth-order valence-electron chi connectivity index (χ4n) is 8.07. The van der Waals surface area contributed by atoms with Gasteiger partial charge in [-0.25, -0.2) is 4.79 Å². The number of carbonyl (C=O) groups is 3. The van der Waals surface area contributed by atoms with Crippen LogP contribution in [0.1, 0.15) is 97.9 Å². The number of benzene rings is 1. The standard InChI is InChI=1S/C39H59NO10/c1-10-30-38(7,45)21-23(2)31(41)24(3)22-39(8,46-9)34(26(5)32(42)27(6)35(43)48-30)50-37-33(49-36(44)28-16-12-11-13-17-28)29(20-25(4)47-37)40-18-14-15-19-40/h11-13,16-17,21,24-27,29-30,32-34,37,42,45H,10,14-15,18-20,22H2,1-9H3/b23-21-/t24-,25+,26+,27-,29-,30-,32+,33+,34-,37-,38+,39-/m1/s1. The van der Waals surface area contributed by atoms with Crippen molar-refractivity contribution in [3.8, 4) is 0 Å². The molecular weight excluding hydrogens is 642 g/mol. The molecule has 0 aliphatic carbocycles. The Morgan fingerprint density at radius 3 is 2.30 bits per heavy atom. The molecule has 11 nitrogen and oxygen atoms in total. The first-order valence-corrected chi connectivity index (χ1v) is 18.2. The van der Waals surface area contributed by atoms with Crippen molar-refractivity contribution in [2.45, 2.75) is 142 Å². The minimum absolute atomic E-state index is 0.180. The Morgan fingerprint density at radius 1 is 1.06 bits per heavy atom. The quantitative estimate of drug-likeness (QED) is 0.377. The molecule has 3 aliphatic heterocycles. The third kappa shape index (κ3) is 9.03. The second-order valence-corrected chi connectivity index (χ2v) is 15.2. The van der Waals surface area contributed by atoms with Crippen LogP contribution in [-0.2, 0) is 33.3 Å². The van der Waals surface area contributed by atoms with Gasteiger partial charge in [0.05, 0.1) is 41.4 Å². The number of hydrogen-bond donors (Lipinski definition) is 2. The summed E-state index contributed by atoms with van der Waals surface area (Å²) < 4.78 is 31.7. The molecule has 2 fully saturated rings. The highest BCUT2D eigenvalue weighted by Gasteiger charge is 2.51. The lowest BCUT2D eigenvalue weighted by atomic mass is 9.76. The van der Waals surface area contributed by atoms with Gasteiger partial charge >= 0.3 is 11.9 Å². The molecule has 2 N–H and O–H groups in total. The number of Topliss-reactive ketones (excluding diaryl/α,β-unsaturated/α-hetero) is 1. The smallest absolute Gasteiger partial charge is 0.338 e. The van der Waals surface area contributed by atoms with Crippen molar-refractivity contribution in [3.05, 3.63) is 47.5 Å². The minimum Gasteiger partial charge on any atom is -0.459 e. The van der Waals surface area contributed by atoms with Crippen LogP contribution in [0.5, 0.6) is 0 Å². The lowest BCUT2D eigenvalue weighted by Gasteiger charge is -2.48. The Labute approximate surface area is 297 Å². The summed E-state index contributed by atoms with van der Waals surface area (Å²) >= 11 is 0. The van der Waals surface area contributed by atoms with Crippen LogP contribution in [0.4, 0.5) is 0 Å². The molecule has 0 unspecified atom stereocenters. The predicted octanol–water partition coefficient (Wildman–Crippen LogP) is 4.86. The highest BCUT2D eigenvalue weighted by Crippen LogP contribution is 2.39. The summed E-state index contributed by atoms with van der Waals surface area (Å²) in [6.45, 7) is 15.6. The average Bonchev–Trinajstić information content (AvgIpc) is 3.63. The Balaban J connectivity index is 1.78. The van der Waals surface area contributed by atoms with Crippen LogP contribution in [0.3, 0.4) is 0 Å². The second-order valence-electron chi connectivity index (χ2n) is 15.2. The number of aliphatic hydroxyl groups excluding tert-OH is 1. The number of nitrogens with zero attached hydrogens (tertiary/aromatic N) is 1. The Morgan fingerprint density at radius 2 is 1.70 bits per heavy atom. The number of esters is 2. The molecule has 11 heteroatoms. The first-order valence-electron chi connectivity index (χ1n) is 18.2. The summed E-state index contributed by atoms with van der Waals surface area (Å²) in [4.78, 5) is 43.2. The van der Waals surface area contributed by atoms with Crippen LogP contribution in [0.2, 0.25) is 0 Å². The number of likely N-dealkylation sites (tertiary alicyclic amines) is 1. The monoisotopic (exact) mass is 701 g/mol. The summed E-state index contributed by atoms with van der Waals surface area (Å²) in [5.41, 5.74) is -2.08. The number of ether oxygens (including phenoxy) is 5. The number of cyclic esters (lactones) is 1. The number of aliphatic hydroxyl groups is 2. The van der Waals surface area contributed by atoms with Crippen LogP contribution in [0.15, 0.2) is 42.0 Å². The van der Waals surface area contributed by atoms with E-state index in [1.54, 1.807) is 58.9 Å². The first-order chi connectivity index (χ1) is 23.5. The van der Waals surface area contributed by atoms with E-state index in [1.807, 2.05) is 19.9 Å². The molecule has 0 amide bonds. The van der Waals surface area contributed by atoms with Crippen LogP contribution >= 0.6 is 0 Å². The maximum Gasteiger partial charge on any atom is 0.338 e. The molecule has 0 radical (unpaired) electrons. The minimum atomic E-state index is -1.62. The Bertz CT molecular complexity index is 1340. The van der Waals surface area contributed by atoms with Gasteiger partial charge in [-0.1, -0.05) is 39.0 Å². The molecule has 0 aromatic heterocycles. The molecule has 0 saturated carbocycles. The van der Waals surface area contributed by atoms with Gasteiger partial charge in [-0.2, -0.15) is 0 Å². The highest BCUT2D eigenvalue weighted by molar-refractivity contribution is 5.96. The predicted molar refractivity (Wildman–Crippen MR) is 187 cm³/mol. The van der Waals surface area contributed by atoms with Crippen molar-refractivity contribution < 1.29 is 48.3 Å². The molecule has 2 saturated heterocycles. The Hall–Kier alpha value is -2.67.